The number of alkyl halides is 3. The van der Waals surface area contributed by atoms with Crippen molar-refractivity contribution in [2.45, 2.75) is 61.8 Å². The second-order valence-corrected chi connectivity index (χ2v) is 9.85. The van der Waals surface area contributed by atoms with Crippen LogP contribution in [0.4, 0.5) is 13.2 Å². The van der Waals surface area contributed by atoms with Crippen molar-refractivity contribution < 1.29 is 30.5 Å². The van der Waals surface area contributed by atoms with Crippen LogP contribution in [0.1, 0.15) is 48.3 Å². The Morgan fingerprint density at radius 2 is 1.83 bits per heavy atom. The molecule has 0 amide bonds. The van der Waals surface area contributed by atoms with Gasteiger partial charge >= 0.3 is 6.18 Å². The van der Waals surface area contributed by atoms with Crippen molar-refractivity contribution in [3.8, 4) is 0 Å². The Labute approximate surface area is 173 Å². The molecule has 0 N–H and O–H groups in total. The van der Waals surface area contributed by atoms with E-state index in [0.29, 0.717) is 31.2 Å². The van der Waals surface area contributed by atoms with Crippen LogP contribution >= 0.6 is 0 Å². The molecular weight excluding hydrogens is 421 g/mol. The number of rotatable bonds is 4. The molecule has 2 saturated heterocycles. The van der Waals surface area contributed by atoms with E-state index in [1.54, 1.807) is 19.1 Å². The zero-order valence-corrected chi connectivity index (χ0v) is 17.7. The average Bonchev–Trinajstić information content (AvgIpc) is 3.05. The SMILES string of the molecule is Cc1ccc(S(=O)(=O)OC23CCC(c4nc(C(F)(F)F)cn4C)(CC2)OC3)c(C)c1. The third-order valence-electron chi connectivity index (χ3n) is 6.04. The number of imidazole rings is 1. The van der Waals surface area contributed by atoms with Crippen LogP contribution in [0.5, 0.6) is 0 Å². The fraction of sp³-hybridized carbons (Fsp3) is 0.550. The summed E-state index contributed by atoms with van der Waals surface area (Å²) in [5, 5.41) is 0. The highest BCUT2D eigenvalue weighted by Gasteiger charge is 2.55. The standard InChI is InChI=1S/C20H23F3N2O4S/c1-13-4-5-15(14(2)10-13)30(26,27)29-18-6-8-19(9-7-18,28-12-18)17-24-16(11-25(17)3)20(21,22)23/h4-5,10-11H,6-9,12H2,1-3H3. The van der Waals surface area contributed by atoms with E-state index < -0.39 is 33.2 Å². The van der Waals surface area contributed by atoms with Gasteiger partial charge in [0.05, 0.1) is 11.5 Å². The van der Waals surface area contributed by atoms with Crippen LogP contribution in [0.2, 0.25) is 0 Å². The molecule has 2 bridgehead atoms. The molecule has 164 valence electrons. The summed E-state index contributed by atoms with van der Waals surface area (Å²) in [4.78, 5) is 3.91. The third-order valence-corrected chi connectivity index (χ3v) is 7.61. The number of ether oxygens (including phenoxy) is 1. The van der Waals surface area contributed by atoms with E-state index in [4.69, 9.17) is 8.92 Å². The van der Waals surface area contributed by atoms with Gasteiger partial charge < -0.3 is 9.30 Å². The summed E-state index contributed by atoms with van der Waals surface area (Å²) < 4.78 is 77.9. The lowest BCUT2D eigenvalue weighted by atomic mass is 9.72. The lowest BCUT2D eigenvalue weighted by Crippen LogP contribution is -2.56. The van der Waals surface area contributed by atoms with E-state index in [-0.39, 0.29) is 17.3 Å². The molecule has 1 aromatic heterocycles. The van der Waals surface area contributed by atoms with Crippen LogP contribution in [-0.2, 0) is 37.9 Å². The van der Waals surface area contributed by atoms with Crippen molar-refractivity contribution in [3.63, 3.8) is 0 Å². The Morgan fingerprint density at radius 3 is 2.33 bits per heavy atom. The van der Waals surface area contributed by atoms with Crippen molar-refractivity contribution in [2.75, 3.05) is 6.61 Å². The summed E-state index contributed by atoms with van der Waals surface area (Å²) in [6.45, 7) is 3.56. The van der Waals surface area contributed by atoms with Gasteiger partial charge in [0.25, 0.3) is 10.1 Å². The van der Waals surface area contributed by atoms with Gasteiger partial charge in [-0.25, -0.2) is 4.98 Å². The Balaban J connectivity index is 1.56. The summed E-state index contributed by atoms with van der Waals surface area (Å²) in [7, 11) is -2.50. The fourth-order valence-electron chi connectivity index (χ4n) is 4.45. The number of fused-ring (bicyclic) bond motifs is 3. The van der Waals surface area contributed by atoms with E-state index in [2.05, 4.69) is 4.98 Å². The Kier molecular flexibility index (Phi) is 4.83. The summed E-state index contributed by atoms with van der Waals surface area (Å²) in [5.74, 6) is 0.209. The van der Waals surface area contributed by atoms with Gasteiger partial charge in [0.2, 0.25) is 0 Å². The van der Waals surface area contributed by atoms with Crippen LogP contribution in [0.15, 0.2) is 29.3 Å². The number of aryl methyl sites for hydroxylation is 3. The van der Waals surface area contributed by atoms with Gasteiger partial charge in [-0.2, -0.15) is 21.6 Å². The zero-order chi connectivity index (χ0) is 21.9. The Morgan fingerprint density at radius 1 is 1.17 bits per heavy atom. The maximum atomic E-state index is 13.0. The first-order valence-corrected chi connectivity index (χ1v) is 11.0. The summed E-state index contributed by atoms with van der Waals surface area (Å²) in [5.41, 5.74) is -1.40. The smallest absolute Gasteiger partial charge is 0.364 e. The molecule has 30 heavy (non-hydrogen) atoms. The van der Waals surface area contributed by atoms with E-state index in [1.165, 1.54) is 17.7 Å². The third kappa shape index (κ3) is 3.54. The first-order chi connectivity index (χ1) is 13.9. The van der Waals surface area contributed by atoms with Crippen molar-refractivity contribution in [1.82, 2.24) is 9.55 Å². The molecule has 2 aromatic rings. The van der Waals surface area contributed by atoms with Crippen LogP contribution in [-0.4, -0.2) is 30.2 Å². The molecule has 1 aromatic carbocycles. The molecular formula is C20H23F3N2O4S. The predicted octanol–water partition coefficient (Wildman–Crippen LogP) is 4.00. The van der Waals surface area contributed by atoms with Crippen LogP contribution in [0.3, 0.4) is 0 Å². The van der Waals surface area contributed by atoms with Gasteiger partial charge in [0.1, 0.15) is 17.0 Å². The van der Waals surface area contributed by atoms with Gasteiger partial charge in [-0.15, -0.1) is 0 Å². The number of hydrogen-bond donors (Lipinski definition) is 0. The van der Waals surface area contributed by atoms with E-state index in [1.807, 2.05) is 6.92 Å². The molecule has 3 heterocycles. The van der Waals surface area contributed by atoms with E-state index in [0.717, 1.165) is 11.8 Å². The highest BCUT2D eigenvalue weighted by atomic mass is 32.2. The molecule has 0 unspecified atom stereocenters. The summed E-state index contributed by atoms with van der Waals surface area (Å²) in [6, 6.07) is 5.01. The van der Waals surface area contributed by atoms with Gasteiger partial charge in [0, 0.05) is 13.2 Å². The van der Waals surface area contributed by atoms with Crippen LogP contribution in [0.25, 0.3) is 0 Å². The van der Waals surface area contributed by atoms with Crippen molar-refractivity contribution in [1.29, 1.82) is 0 Å². The first-order valence-electron chi connectivity index (χ1n) is 9.64. The van der Waals surface area contributed by atoms with Crippen molar-refractivity contribution in [2.24, 2.45) is 7.05 Å². The maximum Gasteiger partial charge on any atom is 0.434 e. The molecule has 0 atom stereocenters. The number of benzene rings is 1. The molecule has 10 heteroatoms. The quantitative estimate of drug-likeness (QED) is 0.667. The predicted molar refractivity (Wildman–Crippen MR) is 101 cm³/mol. The molecule has 0 radical (unpaired) electrons. The first kappa shape index (κ1) is 21.3. The van der Waals surface area contributed by atoms with Crippen LogP contribution < -0.4 is 0 Å². The van der Waals surface area contributed by atoms with Crippen molar-refractivity contribution >= 4 is 10.1 Å². The minimum Gasteiger partial charge on any atom is -0.364 e. The summed E-state index contributed by atoms with van der Waals surface area (Å²) >= 11 is 0. The monoisotopic (exact) mass is 444 g/mol. The molecule has 3 fully saturated rings. The molecule has 1 aliphatic carbocycles. The molecule has 1 saturated carbocycles. The fourth-order valence-corrected chi connectivity index (χ4v) is 5.91. The Hall–Kier alpha value is -1.91. The number of halogens is 3. The normalized spacial score (nSPS) is 26.9. The minimum absolute atomic E-state index is 0.0225. The number of aromatic nitrogens is 2. The van der Waals surface area contributed by atoms with Gasteiger partial charge in [-0.1, -0.05) is 17.7 Å². The van der Waals surface area contributed by atoms with Gasteiger partial charge in [0.15, 0.2) is 5.69 Å². The zero-order valence-electron chi connectivity index (χ0n) is 16.9. The van der Waals surface area contributed by atoms with Crippen molar-refractivity contribution in [3.05, 3.63) is 47.0 Å². The number of hydrogen-bond acceptors (Lipinski definition) is 5. The molecule has 2 aliphatic heterocycles. The van der Waals surface area contributed by atoms with E-state index >= 15 is 0 Å². The summed E-state index contributed by atoms with van der Waals surface area (Å²) in [6.07, 6.45) is -2.22. The molecule has 3 aliphatic rings. The Bertz CT molecular complexity index is 1070. The molecule has 5 rings (SSSR count). The highest BCUT2D eigenvalue weighted by molar-refractivity contribution is 7.86. The second kappa shape index (κ2) is 6.80. The molecule has 6 nitrogen and oxygen atoms in total. The molecule has 0 spiro atoms. The minimum atomic E-state index is -4.54. The lowest BCUT2D eigenvalue weighted by Gasteiger charge is -2.51. The average molecular weight is 444 g/mol. The number of nitrogens with zero attached hydrogens (tertiary/aromatic N) is 2. The second-order valence-electron chi connectivity index (χ2n) is 8.33. The highest BCUT2D eigenvalue weighted by Crippen LogP contribution is 2.51. The van der Waals surface area contributed by atoms with Gasteiger partial charge in [-0.3, -0.25) is 4.18 Å². The lowest BCUT2D eigenvalue weighted by molar-refractivity contribution is -0.214. The topological polar surface area (TPSA) is 70.4 Å². The maximum absolute atomic E-state index is 13.0. The largest absolute Gasteiger partial charge is 0.434 e. The van der Waals surface area contributed by atoms with Gasteiger partial charge in [-0.05, 0) is 51.2 Å². The van der Waals surface area contributed by atoms with E-state index in [9.17, 15) is 21.6 Å². The van der Waals surface area contributed by atoms with Crippen LogP contribution in [0, 0.1) is 13.8 Å².